The fourth-order valence-corrected chi connectivity index (χ4v) is 3.95. The molecule has 1 aromatic heterocycles. The first-order valence-corrected chi connectivity index (χ1v) is 11.4. The highest BCUT2D eigenvalue weighted by molar-refractivity contribution is 5.84. The van der Waals surface area contributed by atoms with Gasteiger partial charge in [0.1, 0.15) is 5.76 Å². The number of morpholine rings is 1. The van der Waals surface area contributed by atoms with Crippen LogP contribution in [-0.2, 0) is 27.4 Å². The molecule has 0 N–H and O–H groups in total. The summed E-state index contributed by atoms with van der Waals surface area (Å²) in [6.07, 6.45) is 1.95. The predicted octanol–water partition coefficient (Wildman–Crippen LogP) is 2.11. The lowest BCUT2D eigenvalue weighted by Gasteiger charge is -2.31. The molecular weight excluding hydrogens is 426 g/mol. The van der Waals surface area contributed by atoms with Gasteiger partial charge >= 0.3 is 0 Å². The Morgan fingerprint density at radius 3 is 2.58 bits per heavy atom. The minimum absolute atomic E-state index is 0.0300. The van der Waals surface area contributed by atoms with Crippen molar-refractivity contribution in [2.75, 3.05) is 52.7 Å². The summed E-state index contributed by atoms with van der Waals surface area (Å²) in [7, 11) is 0. The van der Waals surface area contributed by atoms with Gasteiger partial charge in [-0.1, -0.05) is 13.0 Å². The van der Waals surface area contributed by atoms with Crippen LogP contribution in [0.4, 0.5) is 0 Å². The van der Waals surface area contributed by atoms with Gasteiger partial charge in [-0.2, -0.15) is 0 Å². The molecule has 2 amide bonds. The van der Waals surface area contributed by atoms with Gasteiger partial charge in [0.25, 0.3) is 0 Å². The summed E-state index contributed by atoms with van der Waals surface area (Å²) < 4.78 is 21.7. The molecule has 1 fully saturated rings. The van der Waals surface area contributed by atoms with Gasteiger partial charge < -0.3 is 28.4 Å². The van der Waals surface area contributed by atoms with E-state index in [9.17, 15) is 9.59 Å². The number of ether oxygens (including phenoxy) is 3. The molecule has 0 spiro atoms. The molecular formula is C24H31N3O6. The maximum atomic E-state index is 13.4. The summed E-state index contributed by atoms with van der Waals surface area (Å²) in [6, 6.07) is 9.30. The molecule has 0 radical (unpaired) electrons. The quantitative estimate of drug-likeness (QED) is 0.540. The maximum Gasteiger partial charge on any atom is 0.242 e. The van der Waals surface area contributed by atoms with Gasteiger partial charge in [-0.3, -0.25) is 14.5 Å². The molecule has 0 bridgehead atoms. The van der Waals surface area contributed by atoms with E-state index in [4.69, 9.17) is 18.6 Å². The van der Waals surface area contributed by atoms with E-state index in [0.717, 1.165) is 25.2 Å². The lowest BCUT2D eigenvalue weighted by Crippen LogP contribution is -2.46. The van der Waals surface area contributed by atoms with Crippen molar-refractivity contribution in [1.82, 2.24) is 14.7 Å². The van der Waals surface area contributed by atoms with E-state index in [1.165, 1.54) is 0 Å². The van der Waals surface area contributed by atoms with Gasteiger partial charge in [-0.05, 0) is 29.8 Å². The topological polar surface area (TPSA) is 84.7 Å². The summed E-state index contributed by atoms with van der Waals surface area (Å²) >= 11 is 0. The second-order valence-corrected chi connectivity index (χ2v) is 8.14. The Morgan fingerprint density at radius 1 is 1.00 bits per heavy atom. The van der Waals surface area contributed by atoms with Crippen molar-refractivity contribution in [1.29, 1.82) is 0 Å². The third kappa shape index (κ3) is 6.27. The van der Waals surface area contributed by atoms with Crippen molar-refractivity contribution in [3.8, 4) is 11.5 Å². The largest absolute Gasteiger partial charge is 0.467 e. The number of rotatable bonds is 10. The molecule has 2 aromatic rings. The van der Waals surface area contributed by atoms with Crippen LogP contribution in [-0.4, -0.2) is 79.2 Å². The molecule has 0 aliphatic carbocycles. The van der Waals surface area contributed by atoms with E-state index in [2.05, 4.69) is 4.90 Å². The lowest BCUT2D eigenvalue weighted by atomic mass is 10.2. The van der Waals surface area contributed by atoms with Gasteiger partial charge in [0, 0.05) is 39.1 Å². The fraction of sp³-hybridized carbons (Fsp3) is 0.500. The Morgan fingerprint density at radius 2 is 1.82 bits per heavy atom. The molecule has 1 aromatic carbocycles. The average molecular weight is 458 g/mol. The van der Waals surface area contributed by atoms with E-state index >= 15 is 0 Å². The van der Waals surface area contributed by atoms with Crippen LogP contribution in [0.25, 0.3) is 0 Å². The first-order valence-electron chi connectivity index (χ1n) is 11.4. The molecule has 2 aliphatic rings. The molecule has 0 saturated carbocycles. The van der Waals surface area contributed by atoms with E-state index in [1.807, 2.05) is 31.2 Å². The zero-order chi connectivity index (χ0) is 23.0. The number of benzene rings is 1. The normalized spacial score (nSPS) is 15.4. The lowest BCUT2D eigenvalue weighted by molar-refractivity contribution is -0.141. The Balaban J connectivity index is 1.44. The first-order chi connectivity index (χ1) is 16.1. The van der Waals surface area contributed by atoms with Gasteiger partial charge in [-0.25, -0.2) is 0 Å². The molecule has 9 nitrogen and oxygen atoms in total. The second-order valence-electron chi connectivity index (χ2n) is 8.14. The second kappa shape index (κ2) is 11.2. The van der Waals surface area contributed by atoms with E-state index in [0.29, 0.717) is 56.5 Å². The minimum Gasteiger partial charge on any atom is -0.467 e. The fourth-order valence-electron chi connectivity index (χ4n) is 3.95. The number of hydrogen-bond acceptors (Lipinski definition) is 7. The van der Waals surface area contributed by atoms with Gasteiger partial charge in [0.05, 0.1) is 32.6 Å². The zero-order valence-corrected chi connectivity index (χ0v) is 19.0. The highest BCUT2D eigenvalue weighted by Gasteiger charge is 2.23. The summed E-state index contributed by atoms with van der Waals surface area (Å²) in [6.45, 7) is 7.06. The Labute approximate surface area is 193 Å². The molecule has 3 heterocycles. The summed E-state index contributed by atoms with van der Waals surface area (Å²) in [5.41, 5.74) is 0.917. The van der Waals surface area contributed by atoms with Gasteiger partial charge in [0.2, 0.25) is 18.6 Å². The van der Waals surface area contributed by atoms with Crippen LogP contribution in [0.15, 0.2) is 41.0 Å². The molecule has 9 heteroatoms. The van der Waals surface area contributed by atoms with Crippen LogP contribution in [0.2, 0.25) is 0 Å². The van der Waals surface area contributed by atoms with Crippen molar-refractivity contribution in [2.24, 2.45) is 0 Å². The van der Waals surface area contributed by atoms with E-state index < -0.39 is 0 Å². The van der Waals surface area contributed by atoms with Gasteiger partial charge in [0.15, 0.2) is 11.5 Å². The molecule has 2 aliphatic heterocycles. The summed E-state index contributed by atoms with van der Waals surface area (Å²) in [4.78, 5) is 31.6. The zero-order valence-electron chi connectivity index (χ0n) is 19.0. The number of furan rings is 1. The highest BCUT2D eigenvalue weighted by Crippen LogP contribution is 2.33. The number of carbonyl (C=O) groups is 2. The van der Waals surface area contributed by atoms with E-state index in [1.54, 1.807) is 22.1 Å². The van der Waals surface area contributed by atoms with Crippen LogP contribution in [0, 0.1) is 0 Å². The van der Waals surface area contributed by atoms with Crippen LogP contribution in [0.3, 0.4) is 0 Å². The van der Waals surface area contributed by atoms with Crippen LogP contribution < -0.4 is 9.47 Å². The van der Waals surface area contributed by atoms with Crippen molar-refractivity contribution >= 4 is 11.8 Å². The summed E-state index contributed by atoms with van der Waals surface area (Å²) in [5, 5.41) is 0. The third-order valence-electron chi connectivity index (χ3n) is 5.86. The maximum absolute atomic E-state index is 13.4. The minimum atomic E-state index is -0.132. The number of hydrogen-bond donors (Lipinski definition) is 0. The number of carbonyl (C=O) groups excluding carboxylic acids is 2. The third-order valence-corrected chi connectivity index (χ3v) is 5.86. The number of fused-ring (bicyclic) bond motifs is 1. The molecule has 4 rings (SSSR count). The molecule has 1 saturated heterocycles. The Hall–Kier alpha value is -3.04. The predicted molar refractivity (Wildman–Crippen MR) is 120 cm³/mol. The molecule has 33 heavy (non-hydrogen) atoms. The molecule has 0 atom stereocenters. The Bertz CT molecular complexity index is 926. The van der Waals surface area contributed by atoms with Crippen LogP contribution in [0.1, 0.15) is 24.7 Å². The smallest absolute Gasteiger partial charge is 0.242 e. The first kappa shape index (κ1) is 23.1. The van der Waals surface area contributed by atoms with Crippen LogP contribution >= 0.6 is 0 Å². The molecule has 178 valence electrons. The average Bonchev–Trinajstić information content (AvgIpc) is 3.53. The van der Waals surface area contributed by atoms with Crippen molar-refractivity contribution < 1.29 is 28.2 Å². The standard InChI is InChI=1S/C24H31N3O6/c1-2-23(28)26(8-7-25-9-12-30-13-10-25)17-24(29)27(16-20-4-3-11-31-20)15-19-5-6-21-22(14-19)33-18-32-21/h3-6,11,14H,2,7-10,12-13,15-18H2,1H3. The SMILES string of the molecule is CCC(=O)N(CCN1CCOCC1)CC(=O)N(Cc1ccc2c(c1)OCO2)Cc1ccco1. The number of amides is 2. The van der Waals surface area contributed by atoms with Crippen molar-refractivity contribution in [3.05, 3.63) is 47.9 Å². The molecule has 0 unspecified atom stereocenters. The van der Waals surface area contributed by atoms with Gasteiger partial charge in [-0.15, -0.1) is 0 Å². The monoisotopic (exact) mass is 457 g/mol. The van der Waals surface area contributed by atoms with Crippen molar-refractivity contribution in [2.45, 2.75) is 26.4 Å². The Kier molecular flexibility index (Phi) is 7.85. The summed E-state index contributed by atoms with van der Waals surface area (Å²) in [5.74, 6) is 1.90. The number of nitrogens with zero attached hydrogens (tertiary/aromatic N) is 3. The highest BCUT2D eigenvalue weighted by atomic mass is 16.7. The van der Waals surface area contributed by atoms with E-state index in [-0.39, 0.29) is 25.2 Å². The van der Waals surface area contributed by atoms with Crippen molar-refractivity contribution in [3.63, 3.8) is 0 Å². The van der Waals surface area contributed by atoms with Crippen LogP contribution in [0.5, 0.6) is 11.5 Å².